The lowest BCUT2D eigenvalue weighted by Crippen LogP contribution is -2.18. The molecular formula is C30H58O4. The zero-order chi connectivity index (χ0) is 25.1. The van der Waals surface area contributed by atoms with Gasteiger partial charge in [0.05, 0.1) is 0 Å². The molecule has 1 atom stereocenters. The monoisotopic (exact) mass is 482 g/mol. The molecule has 0 aliphatic carbocycles. The van der Waals surface area contributed by atoms with Gasteiger partial charge in [0.15, 0.2) is 0 Å². The summed E-state index contributed by atoms with van der Waals surface area (Å²) in [6.07, 6.45) is 28.3. The zero-order valence-corrected chi connectivity index (χ0v) is 22.9. The summed E-state index contributed by atoms with van der Waals surface area (Å²) in [6.45, 7) is 4.49. The maximum Gasteiger partial charge on any atom is 0.306 e. The number of carboxylic acids is 1. The van der Waals surface area contributed by atoms with Crippen molar-refractivity contribution in [2.75, 3.05) is 0 Å². The van der Waals surface area contributed by atoms with Crippen LogP contribution in [0.2, 0.25) is 0 Å². The summed E-state index contributed by atoms with van der Waals surface area (Å²) >= 11 is 0. The van der Waals surface area contributed by atoms with Crippen molar-refractivity contribution in [3.8, 4) is 0 Å². The van der Waals surface area contributed by atoms with Gasteiger partial charge in [-0.2, -0.15) is 0 Å². The molecule has 0 radical (unpaired) electrons. The highest BCUT2D eigenvalue weighted by Crippen LogP contribution is 2.18. The number of ether oxygens (including phenoxy) is 1. The van der Waals surface area contributed by atoms with Crippen molar-refractivity contribution in [1.29, 1.82) is 0 Å². The predicted molar refractivity (Wildman–Crippen MR) is 144 cm³/mol. The number of esters is 1. The number of hydrogen-bond acceptors (Lipinski definition) is 3. The summed E-state index contributed by atoms with van der Waals surface area (Å²) in [4.78, 5) is 23.0. The summed E-state index contributed by atoms with van der Waals surface area (Å²) in [5, 5.41) is 8.78. The fourth-order valence-corrected chi connectivity index (χ4v) is 4.59. The average molecular weight is 483 g/mol. The average Bonchev–Trinajstić information content (AvgIpc) is 2.81. The minimum atomic E-state index is -0.725. The van der Waals surface area contributed by atoms with Gasteiger partial charge in [-0.1, -0.05) is 123 Å². The van der Waals surface area contributed by atoms with Gasteiger partial charge in [0, 0.05) is 12.8 Å². The molecule has 0 saturated carbocycles. The molecule has 0 saturated heterocycles. The van der Waals surface area contributed by atoms with Crippen LogP contribution in [0.5, 0.6) is 0 Å². The van der Waals surface area contributed by atoms with E-state index >= 15 is 0 Å². The van der Waals surface area contributed by atoms with Crippen molar-refractivity contribution in [3.63, 3.8) is 0 Å². The second kappa shape index (κ2) is 26.5. The van der Waals surface area contributed by atoms with Crippen molar-refractivity contribution in [3.05, 3.63) is 0 Å². The molecule has 34 heavy (non-hydrogen) atoms. The molecule has 1 N–H and O–H groups in total. The molecular weight excluding hydrogens is 424 g/mol. The molecule has 0 amide bonds. The number of unbranched alkanes of at least 4 members (excludes halogenated alkanes) is 18. The van der Waals surface area contributed by atoms with Gasteiger partial charge in [-0.15, -0.1) is 0 Å². The summed E-state index contributed by atoms with van der Waals surface area (Å²) in [6, 6.07) is 0. The molecule has 0 aliphatic rings. The molecule has 0 rings (SSSR count). The number of carbonyl (C=O) groups excluding carboxylic acids is 1. The van der Waals surface area contributed by atoms with Crippen LogP contribution in [0, 0.1) is 0 Å². The van der Waals surface area contributed by atoms with Gasteiger partial charge in [0.2, 0.25) is 0 Å². The maximum absolute atomic E-state index is 12.4. The van der Waals surface area contributed by atoms with Crippen molar-refractivity contribution in [2.45, 2.75) is 180 Å². The quantitative estimate of drug-likeness (QED) is 0.0934. The highest BCUT2D eigenvalue weighted by Gasteiger charge is 2.14. The SMILES string of the molecule is CCCCCCCCCCCCCCCC(=O)OC(CCCCCCC)CCCCCC(=O)O. The number of rotatable bonds is 27. The van der Waals surface area contributed by atoms with Gasteiger partial charge in [-0.3, -0.25) is 9.59 Å². The van der Waals surface area contributed by atoms with E-state index in [1.54, 1.807) is 0 Å². The minimum absolute atomic E-state index is 0.0147. The lowest BCUT2D eigenvalue weighted by Gasteiger charge is -2.18. The van der Waals surface area contributed by atoms with Gasteiger partial charge in [0.25, 0.3) is 0 Å². The van der Waals surface area contributed by atoms with E-state index in [1.165, 1.54) is 96.3 Å². The van der Waals surface area contributed by atoms with Crippen molar-refractivity contribution in [1.82, 2.24) is 0 Å². The Labute approximate surface area is 212 Å². The Hall–Kier alpha value is -1.06. The minimum Gasteiger partial charge on any atom is -0.481 e. The first kappa shape index (κ1) is 32.9. The fraction of sp³-hybridized carbons (Fsp3) is 0.933. The fourth-order valence-electron chi connectivity index (χ4n) is 4.59. The first-order valence-electron chi connectivity index (χ1n) is 15.0. The third-order valence-electron chi connectivity index (χ3n) is 6.83. The van der Waals surface area contributed by atoms with E-state index in [9.17, 15) is 9.59 Å². The topological polar surface area (TPSA) is 63.6 Å². The number of hydrogen-bond donors (Lipinski definition) is 1. The summed E-state index contributed by atoms with van der Waals surface area (Å²) < 4.78 is 5.84. The third-order valence-corrected chi connectivity index (χ3v) is 6.83. The van der Waals surface area contributed by atoms with E-state index in [-0.39, 0.29) is 18.5 Å². The molecule has 0 heterocycles. The molecule has 0 aliphatic heterocycles. The molecule has 0 bridgehead atoms. The van der Waals surface area contributed by atoms with Gasteiger partial charge in [0.1, 0.15) is 6.10 Å². The Kier molecular flexibility index (Phi) is 25.7. The molecule has 0 spiro atoms. The molecule has 0 aromatic rings. The molecule has 0 aromatic heterocycles. The Bertz CT molecular complexity index is 449. The smallest absolute Gasteiger partial charge is 0.306 e. The van der Waals surface area contributed by atoms with E-state index < -0.39 is 5.97 Å². The van der Waals surface area contributed by atoms with Crippen molar-refractivity contribution in [2.24, 2.45) is 0 Å². The van der Waals surface area contributed by atoms with Crippen LogP contribution < -0.4 is 0 Å². The number of carboxylic acid groups (broad SMARTS) is 1. The number of aliphatic carboxylic acids is 1. The largest absolute Gasteiger partial charge is 0.481 e. The first-order chi connectivity index (χ1) is 16.6. The zero-order valence-electron chi connectivity index (χ0n) is 22.9. The van der Waals surface area contributed by atoms with Crippen molar-refractivity contribution < 1.29 is 19.4 Å². The lowest BCUT2D eigenvalue weighted by atomic mass is 10.0. The lowest BCUT2D eigenvalue weighted by molar-refractivity contribution is -0.150. The van der Waals surface area contributed by atoms with Crippen LogP contribution >= 0.6 is 0 Å². The van der Waals surface area contributed by atoms with Crippen LogP contribution in [0.1, 0.15) is 174 Å². The van der Waals surface area contributed by atoms with E-state index in [0.717, 1.165) is 44.9 Å². The molecule has 1 unspecified atom stereocenters. The van der Waals surface area contributed by atoms with Gasteiger partial charge >= 0.3 is 11.9 Å². The molecule has 4 heteroatoms. The predicted octanol–water partition coefficient (Wildman–Crippen LogP) is 9.78. The van der Waals surface area contributed by atoms with E-state index in [2.05, 4.69) is 13.8 Å². The van der Waals surface area contributed by atoms with Crippen LogP contribution in [-0.4, -0.2) is 23.1 Å². The van der Waals surface area contributed by atoms with E-state index in [4.69, 9.17) is 9.84 Å². The highest BCUT2D eigenvalue weighted by molar-refractivity contribution is 5.69. The summed E-state index contributed by atoms with van der Waals surface area (Å²) in [7, 11) is 0. The summed E-state index contributed by atoms with van der Waals surface area (Å²) in [5.41, 5.74) is 0. The van der Waals surface area contributed by atoms with Gasteiger partial charge in [-0.05, 0) is 38.5 Å². The normalized spacial score (nSPS) is 12.1. The first-order valence-corrected chi connectivity index (χ1v) is 15.0. The molecule has 202 valence electrons. The number of carbonyl (C=O) groups is 2. The maximum atomic E-state index is 12.4. The van der Waals surface area contributed by atoms with Crippen LogP contribution in [0.25, 0.3) is 0 Å². The summed E-state index contributed by atoms with van der Waals surface area (Å²) in [5.74, 6) is -0.760. The van der Waals surface area contributed by atoms with Crippen LogP contribution in [0.3, 0.4) is 0 Å². The van der Waals surface area contributed by atoms with Crippen LogP contribution in [0.4, 0.5) is 0 Å². The third kappa shape index (κ3) is 25.6. The van der Waals surface area contributed by atoms with E-state index in [1.807, 2.05) is 0 Å². The standard InChI is InChI=1S/C30H58O4/c1-3-5-7-9-10-11-12-13-14-15-16-18-23-27-30(33)34-28(24-20-17-8-6-4-2)25-21-19-22-26-29(31)32/h28H,3-27H2,1-2H3,(H,31,32). The van der Waals surface area contributed by atoms with Crippen LogP contribution in [0.15, 0.2) is 0 Å². The Balaban J connectivity index is 3.82. The van der Waals surface area contributed by atoms with Crippen molar-refractivity contribution >= 4 is 11.9 Å². The Morgan fingerprint density at radius 2 is 0.882 bits per heavy atom. The molecule has 0 aromatic carbocycles. The second-order valence-corrected chi connectivity index (χ2v) is 10.3. The van der Waals surface area contributed by atoms with Gasteiger partial charge < -0.3 is 9.84 Å². The van der Waals surface area contributed by atoms with Crippen LogP contribution in [-0.2, 0) is 14.3 Å². The van der Waals surface area contributed by atoms with E-state index in [0.29, 0.717) is 12.8 Å². The Morgan fingerprint density at radius 1 is 0.529 bits per heavy atom. The van der Waals surface area contributed by atoms with Gasteiger partial charge in [-0.25, -0.2) is 0 Å². The second-order valence-electron chi connectivity index (χ2n) is 10.3. The highest BCUT2D eigenvalue weighted by atomic mass is 16.5. The Morgan fingerprint density at radius 3 is 1.32 bits per heavy atom. The molecule has 4 nitrogen and oxygen atoms in total. The molecule has 0 fully saturated rings.